The molecule has 0 aliphatic heterocycles. The Hall–Kier alpha value is -10.8. The maximum absolute atomic E-state index is 11.1. The second kappa shape index (κ2) is 25.8. The first-order chi connectivity index (χ1) is 62.9. The van der Waals surface area contributed by atoms with Crippen molar-refractivity contribution >= 4 is 90.5 Å². The molecule has 16 aromatic rings. The summed E-state index contributed by atoms with van der Waals surface area (Å²) < 4.78 is 385. The van der Waals surface area contributed by atoms with Crippen molar-refractivity contribution in [2.45, 2.75) is 26.2 Å². The number of para-hydroxylation sites is 2. The van der Waals surface area contributed by atoms with Gasteiger partial charge in [-0.15, -0.1) is 29.7 Å². The van der Waals surface area contributed by atoms with Crippen LogP contribution in [0.2, 0.25) is 0 Å². The molecule has 13 aromatic carbocycles. The van der Waals surface area contributed by atoms with Gasteiger partial charge >= 0.3 is 0 Å². The fourth-order valence-corrected chi connectivity index (χ4v) is 19.4. The van der Waals surface area contributed by atoms with Crippen LogP contribution in [0.4, 0.5) is 0 Å². The quantitative estimate of drug-likeness (QED) is 0.0444. The Morgan fingerprint density at radius 1 is 0.438 bits per heavy atom. The van der Waals surface area contributed by atoms with E-state index < -0.39 is 321 Å². The predicted octanol–water partition coefficient (Wildman–Crippen LogP) is 15.0. The third-order valence-corrected chi connectivity index (χ3v) is 24.4. The number of ether oxygens (including phenoxy) is 1. The molecular weight excluding hydrogens is 1380 g/mol. The molecular formula is C88H66N4OPtSi2-2. The van der Waals surface area contributed by atoms with Crippen LogP contribution in [0.15, 0.2) is 345 Å². The van der Waals surface area contributed by atoms with Crippen LogP contribution in [0.1, 0.15) is 79.8 Å². The van der Waals surface area contributed by atoms with Crippen molar-refractivity contribution in [3.8, 4) is 50.9 Å². The van der Waals surface area contributed by atoms with E-state index in [1.54, 1.807) is 18.3 Å². The van der Waals surface area contributed by atoms with E-state index in [1.165, 1.54) is 24.3 Å². The summed E-state index contributed by atoms with van der Waals surface area (Å²) in [4.78, 5) is 4.80. The number of aromatic nitrogens is 4. The van der Waals surface area contributed by atoms with Crippen LogP contribution in [0, 0.1) is 18.5 Å². The van der Waals surface area contributed by atoms with Gasteiger partial charge in [0.15, 0.2) is 16.1 Å². The SMILES string of the molecule is [2H]c1c([2H])c([2H])c(-c2cccc(-c3c([2H])c([2H])c([2H])c([Si](c4c([2H])c([2H])c([2H])c([2H])c4[2H])(c4c([2H])c([2H])c([2H])c([2H])c4[2H])c4c([2H])c([2H])c([2H])c([2H])c4[2H])c3[2H])c2-[n+]2[c-]n(-c3[c-]c(Oc4[c-]c5c(cc4)c4ccccc4n5-c4cc(C(C)(C)C)ccn4)ccc3)c3cc([Si](c4c([2H])c([2H])c([2H])c([2H])c4[2H])(c4c([2H])c([2H])c([2H])c([2H])c4[2H])c4c([2H])c([2H])c([2H])c([2H])c4[2H])ccc32)c([2H])c1[2H].[Pt]. The summed E-state index contributed by atoms with van der Waals surface area (Å²) in [5.41, 5.74) is -2.75. The largest absolute Gasteiger partial charge is 0.510 e. The Bertz CT molecular complexity index is 7400. The first-order valence-electron chi connectivity index (χ1n) is 48.8. The summed E-state index contributed by atoms with van der Waals surface area (Å²) in [5.74, 6) is 0.408. The van der Waals surface area contributed by atoms with Crippen LogP contribution in [-0.4, -0.2) is 30.3 Å². The Kier molecular flexibility index (Phi) is 8.51. The zero-order chi connectivity index (χ0) is 97.9. The molecule has 0 saturated heterocycles. The van der Waals surface area contributed by atoms with E-state index in [1.807, 2.05) is 61.7 Å². The maximum atomic E-state index is 11.1. The molecule has 96 heavy (non-hydrogen) atoms. The van der Waals surface area contributed by atoms with Crippen molar-refractivity contribution in [1.82, 2.24) is 14.1 Å². The minimum atomic E-state index is -6.70. The van der Waals surface area contributed by atoms with E-state index in [0.717, 1.165) is 55.9 Å². The summed E-state index contributed by atoms with van der Waals surface area (Å²) >= 11 is 0. The number of benzene rings is 13. The van der Waals surface area contributed by atoms with Gasteiger partial charge in [-0.25, -0.2) is 4.98 Å². The van der Waals surface area contributed by atoms with Gasteiger partial charge in [0.2, 0.25) is 0 Å². The molecule has 0 fully saturated rings. The molecule has 0 radical (unpaired) electrons. The van der Waals surface area contributed by atoms with Crippen LogP contribution in [0.3, 0.4) is 0 Å². The molecule has 0 bridgehead atoms. The Morgan fingerprint density at radius 2 is 0.938 bits per heavy atom. The summed E-state index contributed by atoms with van der Waals surface area (Å²) in [7, 11) is -12.9. The van der Waals surface area contributed by atoms with E-state index in [0.29, 0.717) is 16.7 Å². The van der Waals surface area contributed by atoms with Gasteiger partial charge in [-0.3, -0.25) is 4.57 Å². The summed E-state index contributed by atoms with van der Waals surface area (Å²) in [6, 6.07) is -13.9. The van der Waals surface area contributed by atoms with Gasteiger partial charge in [-0.2, -0.15) is 18.2 Å². The van der Waals surface area contributed by atoms with Crippen LogP contribution in [-0.2, 0) is 26.5 Å². The monoisotopic (exact) mass is 1480 g/mol. The normalized spacial score (nSPS) is 17.5. The zero-order valence-corrected chi connectivity index (χ0v) is 54.7. The Morgan fingerprint density at radius 3 is 1.51 bits per heavy atom. The van der Waals surface area contributed by atoms with Gasteiger partial charge in [0, 0.05) is 44.3 Å². The smallest absolute Gasteiger partial charge is 0.268 e. The molecule has 3 aromatic heterocycles. The van der Waals surface area contributed by atoms with E-state index in [2.05, 4.69) is 18.5 Å². The summed E-state index contributed by atoms with van der Waals surface area (Å²) in [6.45, 7) is 6.13. The van der Waals surface area contributed by atoms with Gasteiger partial charge in [-0.05, 0) is 104 Å². The second-order valence-corrected chi connectivity index (χ2v) is 29.6. The zero-order valence-electron chi connectivity index (χ0n) is 89.4. The van der Waals surface area contributed by atoms with E-state index in [4.69, 9.17) is 19.3 Å². The van der Waals surface area contributed by atoms with Crippen molar-refractivity contribution < 1.29 is 83.8 Å². The molecule has 16 rings (SSSR count). The fraction of sp³-hybridized carbons (Fsp3) is 0.0455. The van der Waals surface area contributed by atoms with Gasteiger partial charge in [0.25, 0.3) is 6.33 Å². The molecule has 0 unspecified atom stereocenters. The van der Waals surface area contributed by atoms with E-state index in [-0.39, 0.29) is 54.7 Å². The molecule has 0 aliphatic rings. The van der Waals surface area contributed by atoms with E-state index >= 15 is 0 Å². The standard InChI is InChI=1S/C88H66N4OSi2.Pt/c1-88(2,3)66-56-57-89-86(59-66)92-82-51-26-25-48-80(82)81-54-52-69(61-84(81)92)93-68-34-28-33-67(60-68)90-63-91(83-55-53-77(62-85(83)90)95(73-41-19-8-20-42-73,74-43-21-9-22-44-74)75-45-23-10-24-46-75)87-78(64-30-11-4-12-31-64)49-29-50-79(87)65-32-27-47-76(58-65)94(70-35-13-5-14-36-70,71-37-15-6-16-38-71)72-39-17-7-18-40-72;/h4-59,62H,1-3H3;/q-2;/i4D,5D,6D,7D,8D,9D,10D,11D,12D,13D,14D,15D,16D,17D,18D,19D,20D,21D,22D,23D,24D,27D,30D,31D,32D,35D,36D,37D,38D,39D,40D,41D,42D,43D,44D,45D,46D,47D,58D;. The number of hydrogen-bond donors (Lipinski definition) is 0. The van der Waals surface area contributed by atoms with Gasteiger partial charge in [0.05, 0.1) is 70.2 Å². The first kappa shape index (κ1) is 31.6. The second-order valence-electron chi connectivity index (χ2n) is 22.5. The predicted molar refractivity (Wildman–Crippen MR) is 397 cm³/mol. The average Bonchev–Trinajstić information content (AvgIpc) is 0.986. The van der Waals surface area contributed by atoms with Gasteiger partial charge in [-0.1, -0.05) is 317 Å². The van der Waals surface area contributed by atoms with Crippen molar-refractivity contribution in [1.29, 1.82) is 0 Å². The molecule has 8 heteroatoms. The maximum Gasteiger partial charge on any atom is 0.268 e. The number of rotatable bonds is 15. The minimum absolute atomic E-state index is 0. The molecule has 3 heterocycles. The van der Waals surface area contributed by atoms with Crippen LogP contribution in [0.25, 0.3) is 72.3 Å². The summed E-state index contributed by atoms with van der Waals surface area (Å²) in [5, 5.41) is -6.79. The molecule has 5 nitrogen and oxygen atoms in total. The fourth-order valence-electron chi connectivity index (χ4n) is 12.0. The number of pyridine rings is 1. The third kappa shape index (κ3) is 10.8. The van der Waals surface area contributed by atoms with E-state index in [9.17, 15) is 43.9 Å². The van der Waals surface area contributed by atoms with Crippen molar-refractivity contribution in [2.24, 2.45) is 0 Å². The van der Waals surface area contributed by atoms with Gasteiger partial charge in [0.1, 0.15) is 5.82 Å². The van der Waals surface area contributed by atoms with Crippen LogP contribution < -0.4 is 50.8 Å². The van der Waals surface area contributed by atoms with Crippen molar-refractivity contribution in [2.75, 3.05) is 0 Å². The summed E-state index contributed by atoms with van der Waals surface area (Å²) in [6.07, 6.45) is 4.89. The molecule has 464 valence electrons. The Labute approximate surface area is 632 Å². The van der Waals surface area contributed by atoms with Crippen molar-refractivity contribution in [3.05, 3.63) is 369 Å². The average molecular weight is 1490 g/mol. The number of hydrogen-bond acceptors (Lipinski definition) is 2. The number of fused-ring (bicyclic) bond motifs is 4. The van der Waals surface area contributed by atoms with Crippen LogP contribution in [0.5, 0.6) is 11.5 Å². The van der Waals surface area contributed by atoms with Gasteiger partial charge < -0.3 is 13.9 Å². The molecule has 0 spiro atoms. The Balaban J connectivity index is 0.0000139. The number of nitrogens with zero attached hydrogens (tertiary/aromatic N) is 4. The molecule has 0 aliphatic carbocycles. The van der Waals surface area contributed by atoms with Crippen LogP contribution >= 0.6 is 0 Å². The molecule has 0 N–H and O–H groups in total. The van der Waals surface area contributed by atoms with Crippen molar-refractivity contribution in [3.63, 3.8) is 0 Å². The number of imidazole rings is 1. The molecule has 0 amide bonds. The third-order valence-electron chi connectivity index (χ3n) is 16.2. The molecule has 0 atom stereocenters. The minimum Gasteiger partial charge on any atom is -0.510 e. The molecule has 0 saturated carbocycles. The topological polar surface area (TPSA) is 35.9 Å². The first-order valence-corrected chi connectivity index (χ1v) is 33.3.